The fourth-order valence-corrected chi connectivity index (χ4v) is 2.42. The molecule has 0 aliphatic carbocycles. The fourth-order valence-electron chi connectivity index (χ4n) is 2.42. The molecule has 0 saturated heterocycles. The molecule has 0 N–H and O–H groups in total. The van der Waals surface area contributed by atoms with Gasteiger partial charge in [-0.15, -0.1) is 6.58 Å². The maximum absolute atomic E-state index is 3.85. The van der Waals surface area contributed by atoms with Crippen LogP contribution in [-0.2, 0) is 5.41 Å². The summed E-state index contributed by atoms with van der Waals surface area (Å²) in [4.78, 5) is 2.38. The minimum absolute atomic E-state index is 0.212. The predicted molar refractivity (Wildman–Crippen MR) is 82.7 cm³/mol. The van der Waals surface area contributed by atoms with Gasteiger partial charge in [-0.3, -0.25) is 0 Å². The van der Waals surface area contributed by atoms with Crippen molar-refractivity contribution >= 4 is 5.69 Å². The van der Waals surface area contributed by atoms with E-state index in [-0.39, 0.29) is 5.41 Å². The Morgan fingerprint density at radius 3 is 2.00 bits per heavy atom. The van der Waals surface area contributed by atoms with Gasteiger partial charge in [0.2, 0.25) is 0 Å². The molecule has 0 atom stereocenters. The first-order valence-corrected chi connectivity index (χ1v) is 6.78. The van der Waals surface area contributed by atoms with Crippen LogP contribution in [0, 0.1) is 13.8 Å². The SMILES string of the molecule is C=CCN(CC)c1c(C)cc(C(C)(C)C)cc1C. The Balaban J connectivity index is 3.27. The van der Waals surface area contributed by atoms with Gasteiger partial charge in [-0.1, -0.05) is 39.0 Å². The van der Waals surface area contributed by atoms with Gasteiger partial charge in [0, 0.05) is 18.8 Å². The van der Waals surface area contributed by atoms with Crippen molar-refractivity contribution in [3.8, 4) is 0 Å². The van der Waals surface area contributed by atoms with E-state index in [1.165, 1.54) is 22.4 Å². The minimum atomic E-state index is 0.212. The smallest absolute Gasteiger partial charge is 0.0428 e. The van der Waals surface area contributed by atoms with Crippen LogP contribution < -0.4 is 4.90 Å². The largest absolute Gasteiger partial charge is 0.368 e. The molecule has 0 saturated carbocycles. The number of aryl methyl sites for hydroxylation is 2. The van der Waals surface area contributed by atoms with Gasteiger partial charge in [0.15, 0.2) is 0 Å². The van der Waals surface area contributed by atoms with Crippen LogP contribution >= 0.6 is 0 Å². The van der Waals surface area contributed by atoms with Crippen LogP contribution in [0.1, 0.15) is 44.4 Å². The van der Waals surface area contributed by atoms with Crippen LogP contribution in [0.3, 0.4) is 0 Å². The highest BCUT2D eigenvalue weighted by atomic mass is 15.1. The summed E-state index contributed by atoms with van der Waals surface area (Å²) in [5.41, 5.74) is 5.72. The van der Waals surface area contributed by atoms with Gasteiger partial charge >= 0.3 is 0 Å². The van der Waals surface area contributed by atoms with Gasteiger partial charge in [0.1, 0.15) is 0 Å². The topological polar surface area (TPSA) is 3.24 Å². The van der Waals surface area contributed by atoms with Crippen molar-refractivity contribution in [1.82, 2.24) is 0 Å². The molecule has 1 nitrogen and oxygen atoms in total. The van der Waals surface area contributed by atoms with E-state index in [4.69, 9.17) is 0 Å². The van der Waals surface area contributed by atoms with Crippen LogP contribution in [0.5, 0.6) is 0 Å². The predicted octanol–water partition coefficient (Wildman–Crippen LogP) is 4.61. The third-order valence-electron chi connectivity index (χ3n) is 3.40. The Kier molecular flexibility index (Phi) is 4.61. The van der Waals surface area contributed by atoms with E-state index in [1.54, 1.807) is 0 Å². The molecule has 18 heavy (non-hydrogen) atoms. The summed E-state index contributed by atoms with van der Waals surface area (Å²) in [6, 6.07) is 4.65. The number of nitrogens with zero attached hydrogens (tertiary/aromatic N) is 1. The van der Waals surface area contributed by atoms with Crippen LogP contribution in [-0.4, -0.2) is 13.1 Å². The molecule has 0 fully saturated rings. The summed E-state index contributed by atoms with van der Waals surface area (Å²) >= 11 is 0. The monoisotopic (exact) mass is 245 g/mol. The summed E-state index contributed by atoms with van der Waals surface area (Å²) in [7, 11) is 0. The first-order valence-electron chi connectivity index (χ1n) is 6.78. The lowest BCUT2D eigenvalue weighted by Gasteiger charge is -2.28. The minimum Gasteiger partial charge on any atom is -0.368 e. The van der Waals surface area contributed by atoms with Crippen LogP contribution in [0.4, 0.5) is 5.69 Å². The standard InChI is InChI=1S/C17H27N/c1-8-10-18(9-2)16-13(3)11-15(12-14(16)4)17(5,6)7/h8,11-12H,1,9-10H2,2-7H3. The molecule has 0 unspecified atom stereocenters. The number of likely N-dealkylation sites (N-methyl/N-ethyl adjacent to an activating group) is 1. The zero-order valence-corrected chi connectivity index (χ0v) is 12.8. The number of benzene rings is 1. The lowest BCUT2D eigenvalue weighted by molar-refractivity contribution is 0.589. The van der Waals surface area contributed by atoms with E-state index in [9.17, 15) is 0 Å². The molecule has 1 aromatic rings. The summed E-state index contributed by atoms with van der Waals surface area (Å²) in [6.07, 6.45) is 1.97. The first kappa shape index (κ1) is 14.8. The third kappa shape index (κ3) is 3.16. The van der Waals surface area contributed by atoms with Crippen LogP contribution in [0.25, 0.3) is 0 Å². The molecule has 1 heteroatoms. The molecule has 0 aliphatic rings. The maximum Gasteiger partial charge on any atom is 0.0428 e. The lowest BCUT2D eigenvalue weighted by atomic mass is 9.84. The number of hydrogen-bond acceptors (Lipinski definition) is 1. The zero-order chi connectivity index (χ0) is 13.9. The van der Waals surface area contributed by atoms with Crippen molar-refractivity contribution in [3.63, 3.8) is 0 Å². The second kappa shape index (κ2) is 5.60. The van der Waals surface area contributed by atoms with Gasteiger partial charge < -0.3 is 4.90 Å². The Morgan fingerprint density at radius 2 is 1.67 bits per heavy atom. The van der Waals surface area contributed by atoms with E-state index in [2.05, 4.69) is 65.2 Å². The van der Waals surface area contributed by atoms with Gasteiger partial charge in [0.05, 0.1) is 0 Å². The van der Waals surface area contributed by atoms with E-state index in [0.29, 0.717) is 0 Å². The third-order valence-corrected chi connectivity index (χ3v) is 3.40. The number of hydrogen-bond donors (Lipinski definition) is 0. The molecule has 100 valence electrons. The summed E-state index contributed by atoms with van der Waals surface area (Å²) < 4.78 is 0. The molecule has 0 bridgehead atoms. The molecule has 0 radical (unpaired) electrons. The van der Waals surface area contributed by atoms with Crippen molar-refractivity contribution in [2.75, 3.05) is 18.0 Å². The molecule has 0 spiro atoms. The Hall–Kier alpha value is -1.24. The molecule has 0 heterocycles. The van der Waals surface area contributed by atoms with Crippen molar-refractivity contribution < 1.29 is 0 Å². The first-order chi connectivity index (χ1) is 8.31. The Bertz CT molecular complexity index is 401. The van der Waals surface area contributed by atoms with Crippen molar-refractivity contribution in [1.29, 1.82) is 0 Å². The molecular weight excluding hydrogens is 218 g/mol. The van der Waals surface area contributed by atoms with Gasteiger partial charge in [-0.25, -0.2) is 0 Å². The maximum atomic E-state index is 3.85. The van der Waals surface area contributed by atoms with E-state index in [0.717, 1.165) is 13.1 Å². The quantitative estimate of drug-likeness (QED) is 0.700. The van der Waals surface area contributed by atoms with Crippen molar-refractivity contribution in [3.05, 3.63) is 41.5 Å². The molecule has 1 aromatic carbocycles. The summed E-state index contributed by atoms with van der Waals surface area (Å²) in [6.45, 7) is 19.2. The second-order valence-electron chi connectivity index (χ2n) is 6.04. The lowest BCUT2D eigenvalue weighted by Crippen LogP contribution is -2.25. The van der Waals surface area contributed by atoms with Crippen LogP contribution in [0.2, 0.25) is 0 Å². The van der Waals surface area contributed by atoms with E-state index >= 15 is 0 Å². The fraction of sp³-hybridized carbons (Fsp3) is 0.529. The summed E-state index contributed by atoms with van der Waals surface area (Å²) in [5.74, 6) is 0. The highest BCUT2D eigenvalue weighted by Crippen LogP contribution is 2.31. The number of rotatable bonds is 4. The second-order valence-corrected chi connectivity index (χ2v) is 6.04. The van der Waals surface area contributed by atoms with Gasteiger partial charge in [-0.05, 0) is 42.9 Å². The highest BCUT2D eigenvalue weighted by molar-refractivity contribution is 5.61. The molecule has 1 rings (SSSR count). The molecular formula is C17H27N. The average Bonchev–Trinajstić information content (AvgIpc) is 2.25. The van der Waals surface area contributed by atoms with Gasteiger partial charge in [0.25, 0.3) is 0 Å². The molecule has 0 aromatic heterocycles. The molecule has 0 aliphatic heterocycles. The number of anilines is 1. The van der Waals surface area contributed by atoms with E-state index in [1.807, 2.05) is 6.08 Å². The van der Waals surface area contributed by atoms with E-state index < -0.39 is 0 Å². The van der Waals surface area contributed by atoms with Crippen molar-refractivity contribution in [2.45, 2.75) is 47.0 Å². The van der Waals surface area contributed by atoms with Gasteiger partial charge in [-0.2, -0.15) is 0 Å². The van der Waals surface area contributed by atoms with Crippen molar-refractivity contribution in [2.24, 2.45) is 0 Å². The highest BCUT2D eigenvalue weighted by Gasteiger charge is 2.17. The average molecular weight is 245 g/mol. The normalized spacial score (nSPS) is 11.4. The molecule has 0 amide bonds. The summed E-state index contributed by atoms with van der Waals surface area (Å²) in [5, 5.41) is 0. The zero-order valence-electron chi connectivity index (χ0n) is 12.8. The Labute approximate surface area is 113 Å². The van der Waals surface area contributed by atoms with Crippen LogP contribution in [0.15, 0.2) is 24.8 Å². The Morgan fingerprint density at radius 1 is 1.17 bits per heavy atom.